The predicted octanol–water partition coefficient (Wildman–Crippen LogP) is 0.381. The van der Waals surface area contributed by atoms with Crippen LogP contribution in [0.5, 0.6) is 0 Å². The largest absolute Gasteiger partial charge is 0.124 e. The zero-order valence-corrected chi connectivity index (χ0v) is 5.22. The van der Waals surface area contributed by atoms with E-state index in [-0.39, 0.29) is 0 Å². The molecular formula is C6H5B3. The Hall–Kier alpha value is -0.325. The second-order valence-corrected chi connectivity index (χ2v) is 2.20. The summed E-state index contributed by atoms with van der Waals surface area (Å²) in [6, 6.07) is 0. The zero-order chi connectivity index (χ0) is 6.85. The maximum Gasteiger partial charge on any atom is 0.112 e. The maximum absolute atomic E-state index is 5.49. The van der Waals surface area contributed by atoms with E-state index in [0.29, 0.717) is 5.47 Å². The molecule has 0 aliphatic heterocycles. The molecule has 9 heavy (non-hydrogen) atoms. The van der Waals surface area contributed by atoms with Crippen LogP contribution in [0.3, 0.4) is 0 Å². The molecule has 0 nitrogen and oxygen atoms in total. The summed E-state index contributed by atoms with van der Waals surface area (Å²) >= 11 is 0. The SMILES string of the molecule is [B]C1=CC([B])=C([B])CC1. The van der Waals surface area contributed by atoms with E-state index in [9.17, 15) is 0 Å². The van der Waals surface area contributed by atoms with Gasteiger partial charge in [-0.25, -0.2) is 0 Å². The summed E-state index contributed by atoms with van der Waals surface area (Å²) in [6.07, 6.45) is 3.36. The van der Waals surface area contributed by atoms with E-state index in [4.69, 9.17) is 23.5 Å². The highest BCUT2D eigenvalue weighted by Crippen LogP contribution is 2.17. The smallest absolute Gasteiger partial charge is 0.112 e. The lowest BCUT2D eigenvalue weighted by Gasteiger charge is -2.12. The van der Waals surface area contributed by atoms with Gasteiger partial charge >= 0.3 is 0 Å². The normalized spacial score (nSPS) is 19.8. The van der Waals surface area contributed by atoms with E-state index >= 15 is 0 Å². The van der Waals surface area contributed by atoms with Crippen LogP contribution in [0, 0.1) is 0 Å². The average molecular weight is 110 g/mol. The highest BCUT2D eigenvalue weighted by molar-refractivity contribution is 6.34. The van der Waals surface area contributed by atoms with E-state index in [1.54, 1.807) is 6.08 Å². The first-order valence-corrected chi connectivity index (χ1v) is 2.90. The van der Waals surface area contributed by atoms with Crippen molar-refractivity contribution in [3.8, 4) is 0 Å². The van der Waals surface area contributed by atoms with E-state index in [0.717, 1.165) is 23.8 Å². The van der Waals surface area contributed by atoms with Crippen molar-refractivity contribution in [1.29, 1.82) is 0 Å². The summed E-state index contributed by atoms with van der Waals surface area (Å²) < 4.78 is 0. The van der Waals surface area contributed by atoms with Gasteiger partial charge < -0.3 is 0 Å². The Morgan fingerprint density at radius 2 is 1.78 bits per heavy atom. The molecule has 0 spiro atoms. The third kappa shape index (κ3) is 1.54. The summed E-state index contributed by atoms with van der Waals surface area (Å²) in [5.41, 5.74) is 2.20. The molecule has 0 aromatic carbocycles. The molecule has 0 amide bonds. The van der Waals surface area contributed by atoms with Crippen LogP contribution in [-0.2, 0) is 0 Å². The maximum atomic E-state index is 5.49. The molecule has 0 fully saturated rings. The van der Waals surface area contributed by atoms with Crippen molar-refractivity contribution in [1.82, 2.24) is 0 Å². The minimum atomic E-state index is 0.624. The average Bonchev–Trinajstić information content (AvgIpc) is 1.80. The molecule has 0 aromatic heterocycles. The number of rotatable bonds is 0. The van der Waals surface area contributed by atoms with E-state index in [1.165, 1.54) is 0 Å². The molecule has 0 heterocycles. The third-order valence-corrected chi connectivity index (χ3v) is 1.39. The first-order chi connectivity index (χ1) is 4.20. The topological polar surface area (TPSA) is 0 Å². The molecule has 6 radical (unpaired) electrons. The number of allylic oxidation sites excluding steroid dienone is 4. The minimum Gasteiger partial charge on any atom is -0.124 e. The van der Waals surface area contributed by atoms with Crippen molar-refractivity contribution in [2.45, 2.75) is 12.8 Å². The summed E-state index contributed by atoms with van der Waals surface area (Å²) in [5.74, 6) is 0. The first-order valence-electron chi connectivity index (χ1n) is 2.90. The summed E-state index contributed by atoms with van der Waals surface area (Å²) in [7, 11) is 16.4. The highest BCUT2D eigenvalue weighted by Gasteiger charge is 2.00. The molecule has 0 unspecified atom stereocenters. The molecule has 1 rings (SSSR count). The number of hydrogen-bond acceptors (Lipinski definition) is 0. The fraction of sp³-hybridized carbons (Fsp3) is 0.333. The van der Waals surface area contributed by atoms with E-state index in [1.807, 2.05) is 0 Å². The molecule has 38 valence electrons. The second-order valence-electron chi connectivity index (χ2n) is 2.20. The van der Waals surface area contributed by atoms with Crippen molar-refractivity contribution < 1.29 is 0 Å². The molecule has 0 aromatic rings. The Kier molecular flexibility index (Phi) is 1.89. The van der Waals surface area contributed by atoms with E-state index < -0.39 is 0 Å². The van der Waals surface area contributed by atoms with Crippen molar-refractivity contribution in [2.24, 2.45) is 0 Å². The van der Waals surface area contributed by atoms with Crippen LogP contribution in [0.25, 0.3) is 0 Å². The van der Waals surface area contributed by atoms with Gasteiger partial charge in [-0.2, -0.15) is 0 Å². The van der Waals surface area contributed by atoms with Gasteiger partial charge in [0, 0.05) is 0 Å². The molecule has 0 saturated heterocycles. The molecule has 0 N–H and O–H groups in total. The Morgan fingerprint density at radius 1 is 1.11 bits per heavy atom. The molecule has 1 aliphatic carbocycles. The van der Waals surface area contributed by atoms with E-state index in [2.05, 4.69) is 0 Å². The molecule has 1 aliphatic rings. The molecule has 0 atom stereocenters. The van der Waals surface area contributed by atoms with Gasteiger partial charge in [-0.05, 0) is 12.8 Å². The molecule has 3 heteroatoms. The van der Waals surface area contributed by atoms with Crippen LogP contribution < -0.4 is 0 Å². The Morgan fingerprint density at radius 3 is 2.22 bits per heavy atom. The van der Waals surface area contributed by atoms with Crippen molar-refractivity contribution in [3.63, 3.8) is 0 Å². The Bertz CT molecular complexity index is 179. The standard InChI is InChI=1S/C6H5B3/c7-4-1-2-5(8)6(9)3-4/h3H,1-2H2. The van der Waals surface area contributed by atoms with Gasteiger partial charge in [0.1, 0.15) is 23.5 Å². The fourth-order valence-corrected chi connectivity index (χ4v) is 0.788. The van der Waals surface area contributed by atoms with Crippen LogP contribution >= 0.6 is 0 Å². The molecule has 0 bridgehead atoms. The Labute approximate surface area is 59.6 Å². The molecule has 0 saturated carbocycles. The van der Waals surface area contributed by atoms with Gasteiger partial charge in [0.15, 0.2) is 0 Å². The first kappa shape index (κ1) is 6.79. The van der Waals surface area contributed by atoms with Gasteiger partial charge in [0.05, 0.1) is 0 Å². The second kappa shape index (κ2) is 2.51. The lowest BCUT2D eigenvalue weighted by Crippen LogP contribution is -1.98. The van der Waals surface area contributed by atoms with Crippen molar-refractivity contribution in [3.05, 3.63) is 22.5 Å². The van der Waals surface area contributed by atoms with Crippen molar-refractivity contribution in [2.75, 3.05) is 0 Å². The van der Waals surface area contributed by atoms with Crippen LogP contribution in [-0.4, -0.2) is 23.5 Å². The Balaban J connectivity index is 2.83. The van der Waals surface area contributed by atoms with Gasteiger partial charge in [0.2, 0.25) is 0 Å². The van der Waals surface area contributed by atoms with Crippen LogP contribution in [0.4, 0.5) is 0 Å². The molecular weight excluding hydrogens is 105 g/mol. The van der Waals surface area contributed by atoms with Gasteiger partial charge in [0.25, 0.3) is 0 Å². The summed E-state index contributed by atoms with van der Waals surface area (Å²) in [6.45, 7) is 0. The lowest BCUT2D eigenvalue weighted by molar-refractivity contribution is 0.993. The monoisotopic (exact) mass is 110 g/mol. The predicted molar refractivity (Wildman–Crippen MR) is 41.6 cm³/mol. The third-order valence-electron chi connectivity index (χ3n) is 1.39. The van der Waals surface area contributed by atoms with Crippen LogP contribution in [0.1, 0.15) is 12.8 Å². The van der Waals surface area contributed by atoms with Crippen LogP contribution in [0.2, 0.25) is 0 Å². The lowest BCUT2D eigenvalue weighted by atomic mass is 9.70. The van der Waals surface area contributed by atoms with Crippen LogP contribution in [0.15, 0.2) is 22.5 Å². The highest BCUT2D eigenvalue weighted by atomic mass is 14.0. The summed E-state index contributed by atoms with van der Waals surface area (Å²) in [4.78, 5) is 0. The summed E-state index contributed by atoms with van der Waals surface area (Å²) in [5, 5.41) is 0. The van der Waals surface area contributed by atoms with Gasteiger partial charge in [-0.1, -0.05) is 6.08 Å². The quantitative estimate of drug-likeness (QED) is 0.395. The van der Waals surface area contributed by atoms with Gasteiger partial charge in [-0.3, -0.25) is 0 Å². The van der Waals surface area contributed by atoms with Crippen molar-refractivity contribution >= 4 is 23.5 Å². The number of hydrogen-bond donors (Lipinski definition) is 0. The van der Waals surface area contributed by atoms with Gasteiger partial charge in [-0.15, -0.1) is 16.4 Å². The fourth-order valence-electron chi connectivity index (χ4n) is 0.788. The minimum absolute atomic E-state index is 0.624. The zero-order valence-electron chi connectivity index (χ0n) is 5.22.